The zero-order valence-electron chi connectivity index (χ0n) is 11.7. The third-order valence-electron chi connectivity index (χ3n) is 6.34. The van der Waals surface area contributed by atoms with Crippen molar-refractivity contribution in [3.63, 3.8) is 0 Å². The fourth-order valence-electron chi connectivity index (χ4n) is 5.81. The van der Waals surface area contributed by atoms with Crippen LogP contribution in [-0.4, -0.2) is 28.1 Å². The van der Waals surface area contributed by atoms with E-state index in [9.17, 15) is 19.8 Å². The molecule has 0 aliphatic heterocycles. The van der Waals surface area contributed by atoms with Gasteiger partial charge in [0.25, 0.3) is 0 Å². The highest BCUT2D eigenvalue weighted by molar-refractivity contribution is 5.87. The van der Waals surface area contributed by atoms with Crippen LogP contribution in [0.1, 0.15) is 40.0 Å². The largest absolute Gasteiger partial charge is 0.481 e. The van der Waals surface area contributed by atoms with Gasteiger partial charge < -0.3 is 10.2 Å². The van der Waals surface area contributed by atoms with Gasteiger partial charge >= 0.3 is 5.97 Å². The van der Waals surface area contributed by atoms with Crippen molar-refractivity contribution in [3.8, 4) is 0 Å². The molecule has 2 N–H and O–H groups in total. The number of carboxylic acids is 1. The Morgan fingerprint density at radius 1 is 1.37 bits per heavy atom. The molecule has 0 radical (unpaired) electrons. The average Bonchev–Trinajstić information content (AvgIpc) is 2.61. The molecular weight excluding hydrogens is 244 g/mol. The molecule has 0 unspecified atom stereocenters. The molecule has 4 heteroatoms. The van der Waals surface area contributed by atoms with Crippen molar-refractivity contribution in [2.45, 2.75) is 46.1 Å². The van der Waals surface area contributed by atoms with Crippen LogP contribution in [0.2, 0.25) is 0 Å². The van der Waals surface area contributed by atoms with Crippen molar-refractivity contribution < 1.29 is 19.8 Å². The second kappa shape index (κ2) is 3.60. The van der Waals surface area contributed by atoms with E-state index in [1.165, 1.54) is 0 Å². The Labute approximate surface area is 113 Å². The number of carbonyl (C=O) groups excluding carboxylic acids is 1. The Morgan fingerprint density at radius 2 is 2.00 bits per heavy atom. The van der Waals surface area contributed by atoms with Crippen molar-refractivity contribution in [1.82, 2.24) is 0 Å². The van der Waals surface area contributed by atoms with Crippen LogP contribution < -0.4 is 0 Å². The minimum atomic E-state index is -0.846. The lowest BCUT2D eigenvalue weighted by atomic mass is 9.59. The maximum atomic E-state index is 12.1. The predicted octanol–water partition coefficient (Wildman–Crippen LogP) is 1.71. The summed E-state index contributed by atoms with van der Waals surface area (Å²) in [5.41, 5.74) is -0.500. The van der Waals surface area contributed by atoms with E-state index in [2.05, 4.69) is 13.8 Å². The van der Waals surface area contributed by atoms with Crippen molar-refractivity contribution >= 4 is 11.8 Å². The van der Waals surface area contributed by atoms with Crippen molar-refractivity contribution in [1.29, 1.82) is 0 Å². The third-order valence-corrected chi connectivity index (χ3v) is 6.34. The van der Waals surface area contributed by atoms with Crippen LogP contribution in [0.15, 0.2) is 0 Å². The number of hydrogen-bond acceptors (Lipinski definition) is 3. The molecule has 6 atom stereocenters. The van der Waals surface area contributed by atoms with Gasteiger partial charge in [-0.05, 0) is 35.5 Å². The van der Waals surface area contributed by atoms with E-state index in [0.29, 0.717) is 12.8 Å². The summed E-state index contributed by atoms with van der Waals surface area (Å²) in [6.45, 7) is 6.12. The summed E-state index contributed by atoms with van der Waals surface area (Å²) < 4.78 is 0. The van der Waals surface area contributed by atoms with E-state index >= 15 is 0 Å². The van der Waals surface area contributed by atoms with E-state index in [1.54, 1.807) is 0 Å². The van der Waals surface area contributed by atoms with Gasteiger partial charge in [-0.2, -0.15) is 0 Å². The van der Waals surface area contributed by atoms with Crippen molar-refractivity contribution in [3.05, 3.63) is 0 Å². The van der Waals surface area contributed by atoms with Crippen LogP contribution in [0, 0.1) is 34.5 Å². The molecule has 0 saturated heterocycles. The summed E-state index contributed by atoms with van der Waals surface area (Å²) in [6, 6.07) is 0. The number of aliphatic carboxylic acids is 1. The topological polar surface area (TPSA) is 74.6 Å². The van der Waals surface area contributed by atoms with Gasteiger partial charge in [-0.1, -0.05) is 20.8 Å². The fourth-order valence-corrected chi connectivity index (χ4v) is 5.81. The first-order valence-corrected chi connectivity index (χ1v) is 7.15. The summed E-state index contributed by atoms with van der Waals surface area (Å²) >= 11 is 0. The predicted molar refractivity (Wildman–Crippen MR) is 68.3 cm³/mol. The Morgan fingerprint density at radius 3 is 2.58 bits per heavy atom. The minimum absolute atomic E-state index is 0.0508. The zero-order valence-corrected chi connectivity index (χ0v) is 11.7. The molecule has 0 amide bonds. The number of Topliss-reactive ketones (excluding diaryl/α,β-unsaturated/α-hetero) is 1. The fraction of sp³-hybridized carbons (Fsp3) is 0.867. The Balaban J connectivity index is 2.16. The van der Waals surface area contributed by atoms with Crippen LogP contribution >= 0.6 is 0 Å². The molecule has 3 aliphatic rings. The number of ketones is 1. The van der Waals surface area contributed by atoms with Crippen LogP contribution in [0.3, 0.4) is 0 Å². The SMILES string of the molecule is C[C@@H]1C(=O)C[C@@H]2[C@H]3[C@@H](O)C[C@H](C(=O)O)[C@@]12CC3(C)C. The summed E-state index contributed by atoms with van der Waals surface area (Å²) in [7, 11) is 0. The normalized spacial score (nSPS) is 51.2. The van der Waals surface area contributed by atoms with Crippen molar-refractivity contribution in [2.24, 2.45) is 34.5 Å². The average molecular weight is 266 g/mol. The summed E-state index contributed by atoms with van der Waals surface area (Å²) in [6.07, 6.45) is 0.916. The first-order chi connectivity index (χ1) is 8.71. The lowest BCUT2D eigenvalue weighted by molar-refractivity contribution is -0.156. The van der Waals surface area contributed by atoms with Gasteiger partial charge in [-0.3, -0.25) is 9.59 Å². The van der Waals surface area contributed by atoms with Gasteiger partial charge in [0.1, 0.15) is 5.78 Å². The summed E-state index contributed by atoms with van der Waals surface area (Å²) in [5.74, 6) is -1.30. The van der Waals surface area contributed by atoms with Crippen LogP contribution in [0.5, 0.6) is 0 Å². The molecule has 0 aromatic rings. The quantitative estimate of drug-likeness (QED) is 0.757. The summed E-state index contributed by atoms with van der Waals surface area (Å²) in [5, 5.41) is 20.0. The lowest BCUT2D eigenvalue weighted by Crippen LogP contribution is -2.48. The Hall–Kier alpha value is -0.900. The number of carboxylic acid groups (broad SMARTS) is 1. The maximum absolute atomic E-state index is 12.1. The van der Waals surface area contributed by atoms with Crippen LogP contribution in [0.4, 0.5) is 0 Å². The number of carbonyl (C=O) groups is 2. The van der Waals surface area contributed by atoms with Crippen molar-refractivity contribution in [2.75, 3.05) is 0 Å². The van der Waals surface area contributed by atoms with Crippen LogP contribution in [0.25, 0.3) is 0 Å². The first kappa shape index (κ1) is 13.1. The highest BCUT2D eigenvalue weighted by Gasteiger charge is 2.72. The van der Waals surface area contributed by atoms with Gasteiger partial charge in [-0.15, -0.1) is 0 Å². The molecule has 19 heavy (non-hydrogen) atoms. The number of aliphatic hydroxyl groups is 1. The molecule has 3 rings (SSSR count). The van der Waals surface area contributed by atoms with Gasteiger partial charge in [0, 0.05) is 12.3 Å². The molecule has 106 valence electrons. The number of rotatable bonds is 1. The summed E-state index contributed by atoms with van der Waals surface area (Å²) in [4.78, 5) is 23.8. The lowest BCUT2D eigenvalue weighted by Gasteiger charge is -2.45. The molecule has 4 nitrogen and oxygen atoms in total. The Bertz CT molecular complexity index is 455. The Kier molecular flexibility index (Phi) is 2.48. The molecule has 3 fully saturated rings. The molecule has 0 heterocycles. The molecule has 0 aromatic heterocycles. The minimum Gasteiger partial charge on any atom is -0.481 e. The second-order valence-electron chi connectivity index (χ2n) is 7.50. The molecule has 0 aromatic carbocycles. The molecule has 3 aliphatic carbocycles. The zero-order chi connectivity index (χ0) is 14.2. The molecule has 0 spiro atoms. The van der Waals surface area contributed by atoms with Gasteiger partial charge in [0.05, 0.1) is 12.0 Å². The van der Waals surface area contributed by atoms with Crippen LogP contribution in [-0.2, 0) is 9.59 Å². The first-order valence-electron chi connectivity index (χ1n) is 7.15. The van der Waals surface area contributed by atoms with Gasteiger partial charge in [0.15, 0.2) is 0 Å². The standard InChI is InChI=1S/C15H22O4/c1-7-10(16)4-8-12-11(17)5-9(13(18)19)15(7,8)6-14(12,2)3/h7-9,11-12,17H,4-6H2,1-3H3,(H,18,19)/t7-,8-,9-,11+,12+,15+/m1/s1. The van der Waals surface area contributed by atoms with Gasteiger partial charge in [-0.25, -0.2) is 0 Å². The highest BCUT2D eigenvalue weighted by Crippen LogP contribution is 2.72. The maximum Gasteiger partial charge on any atom is 0.307 e. The molecule has 3 saturated carbocycles. The van der Waals surface area contributed by atoms with E-state index in [4.69, 9.17) is 0 Å². The second-order valence-corrected chi connectivity index (χ2v) is 7.50. The third kappa shape index (κ3) is 1.38. The van der Waals surface area contributed by atoms with E-state index in [0.717, 1.165) is 6.42 Å². The monoisotopic (exact) mass is 266 g/mol. The van der Waals surface area contributed by atoms with Gasteiger partial charge in [0.2, 0.25) is 0 Å². The highest BCUT2D eigenvalue weighted by atomic mass is 16.4. The van der Waals surface area contributed by atoms with E-state index in [-0.39, 0.29) is 29.0 Å². The number of aliphatic hydroxyl groups excluding tert-OH is 1. The smallest absolute Gasteiger partial charge is 0.307 e. The number of hydrogen-bond donors (Lipinski definition) is 2. The molecular formula is C15H22O4. The van der Waals surface area contributed by atoms with E-state index in [1.807, 2.05) is 6.92 Å². The van der Waals surface area contributed by atoms with E-state index < -0.39 is 23.4 Å². The molecule has 2 bridgehead atoms.